The van der Waals surface area contributed by atoms with Crippen molar-refractivity contribution >= 4 is 22.8 Å². The summed E-state index contributed by atoms with van der Waals surface area (Å²) in [6, 6.07) is 20.9. The minimum atomic E-state index is 0.0924. The summed E-state index contributed by atoms with van der Waals surface area (Å²) in [4.78, 5) is 35.8. The zero-order valence-corrected chi connectivity index (χ0v) is 24.9. The number of likely N-dealkylation sites (tertiary alicyclic amines) is 2. The van der Waals surface area contributed by atoms with Crippen LogP contribution in [-0.4, -0.2) is 66.4 Å². The largest absolute Gasteiger partial charge is 0.368 e. The lowest BCUT2D eigenvalue weighted by Gasteiger charge is -2.37. The number of nitrogens with two attached hydrogens (primary N) is 1. The molecule has 9 nitrogen and oxygen atoms in total. The summed E-state index contributed by atoms with van der Waals surface area (Å²) in [5.74, 6) is 1.05. The van der Waals surface area contributed by atoms with Crippen molar-refractivity contribution in [3.63, 3.8) is 0 Å². The van der Waals surface area contributed by atoms with Gasteiger partial charge < -0.3 is 15.2 Å². The molecule has 2 aliphatic rings. The molecular formula is C35H38N8O. The molecule has 6 heterocycles. The summed E-state index contributed by atoms with van der Waals surface area (Å²) in [6.07, 6.45) is 11.0. The molecule has 0 spiro atoms. The number of piperidine rings is 2. The molecule has 7 rings (SSSR count). The number of anilines is 1. The Bertz CT molecular complexity index is 1710. The third kappa shape index (κ3) is 5.79. The van der Waals surface area contributed by atoms with Crippen LogP contribution >= 0.6 is 0 Å². The second-order valence-electron chi connectivity index (χ2n) is 12.0. The Morgan fingerprint density at radius 2 is 1.48 bits per heavy atom. The quantitative estimate of drug-likeness (QED) is 0.282. The van der Waals surface area contributed by atoms with Crippen LogP contribution in [0.25, 0.3) is 22.3 Å². The topological polar surface area (TPSA) is 106 Å². The zero-order chi connectivity index (χ0) is 29.9. The van der Waals surface area contributed by atoms with Crippen molar-refractivity contribution in [2.45, 2.75) is 44.7 Å². The number of amides is 1. The first-order valence-corrected chi connectivity index (χ1v) is 15.6. The molecule has 44 heavy (non-hydrogen) atoms. The van der Waals surface area contributed by atoms with Crippen LogP contribution in [0.15, 0.2) is 85.5 Å². The van der Waals surface area contributed by atoms with Gasteiger partial charge in [0, 0.05) is 66.8 Å². The Hall–Kier alpha value is -4.63. The number of aromatic nitrogens is 5. The maximum Gasteiger partial charge on any atom is 0.225 e. The van der Waals surface area contributed by atoms with E-state index in [1.807, 2.05) is 30.6 Å². The molecule has 0 radical (unpaired) electrons. The SMILES string of the molecule is Nc1ncc(CN2CCC(C(=O)N3CCC(c4c(-c5ccccn5)n(Cc5ccccn5)c5ccccc45)CC3)CC2)cn1. The predicted molar refractivity (Wildman–Crippen MR) is 172 cm³/mol. The van der Waals surface area contributed by atoms with Crippen LogP contribution in [0.2, 0.25) is 0 Å². The minimum absolute atomic E-state index is 0.0924. The second-order valence-corrected chi connectivity index (χ2v) is 12.0. The Morgan fingerprint density at radius 3 is 2.18 bits per heavy atom. The van der Waals surface area contributed by atoms with Gasteiger partial charge in [-0.3, -0.25) is 19.7 Å². The van der Waals surface area contributed by atoms with Crippen molar-refractivity contribution in [1.82, 2.24) is 34.3 Å². The fourth-order valence-electron chi connectivity index (χ4n) is 7.03. The van der Waals surface area contributed by atoms with Crippen molar-refractivity contribution in [2.24, 2.45) is 5.92 Å². The zero-order valence-electron chi connectivity index (χ0n) is 24.9. The predicted octanol–water partition coefficient (Wildman–Crippen LogP) is 5.14. The summed E-state index contributed by atoms with van der Waals surface area (Å²) in [5, 5.41) is 1.27. The van der Waals surface area contributed by atoms with E-state index in [9.17, 15) is 4.79 Å². The lowest BCUT2D eigenvalue weighted by molar-refractivity contribution is -0.138. The first-order valence-electron chi connectivity index (χ1n) is 15.6. The average molecular weight is 587 g/mol. The van der Waals surface area contributed by atoms with E-state index >= 15 is 0 Å². The maximum atomic E-state index is 13.7. The number of carbonyl (C=O) groups is 1. The number of fused-ring (bicyclic) bond motifs is 1. The lowest BCUT2D eigenvalue weighted by Crippen LogP contribution is -2.45. The number of rotatable bonds is 7. The van der Waals surface area contributed by atoms with Crippen LogP contribution < -0.4 is 5.73 Å². The van der Waals surface area contributed by atoms with Gasteiger partial charge in [-0.15, -0.1) is 0 Å². The van der Waals surface area contributed by atoms with Crippen LogP contribution in [-0.2, 0) is 17.9 Å². The Kier molecular flexibility index (Phi) is 8.02. The third-order valence-corrected chi connectivity index (χ3v) is 9.25. The van der Waals surface area contributed by atoms with Crippen molar-refractivity contribution in [3.8, 4) is 11.4 Å². The van der Waals surface area contributed by atoms with E-state index in [0.717, 1.165) is 75.4 Å². The smallest absolute Gasteiger partial charge is 0.225 e. The lowest BCUT2D eigenvalue weighted by atomic mass is 9.85. The fraction of sp³-hybridized carbons (Fsp3) is 0.343. The number of hydrogen-bond donors (Lipinski definition) is 1. The number of carbonyl (C=O) groups excluding carboxylic acids is 1. The molecule has 0 aliphatic carbocycles. The van der Waals surface area contributed by atoms with Gasteiger partial charge in [0.2, 0.25) is 11.9 Å². The minimum Gasteiger partial charge on any atom is -0.368 e. The molecule has 0 bridgehead atoms. The van der Waals surface area contributed by atoms with E-state index in [1.165, 1.54) is 22.2 Å². The number of para-hydroxylation sites is 1. The van der Waals surface area contributed by atoms with Gasteiger partial charge in [0.25, 0.3) is 0 Å². The normalized spacial score (nSPS) is 16.9. The first-order chi connectivity index (χ1) is 21.6. The highest BCUT2D eigenvalue weighted by Crippen LogP contribution is 2.42. The van der Waals surface area contributed by atoms with Crippen LogP contribution in [0.3, 0.4) is 0 Å². The number of nitrogens with zero attached hydrogens (tertiary/aromatic N) is 7. The van der Waals surface area contributed by atoms with E-state index in [2.05, 4.69) is 71.8 Å². The third-order valence-electron chi connectivity index (χ3n) is 9.25. The standard InChI is InChI=1S/C35H38N8O/c36-35-39-21-25(22-40-35)23-41-17-11-27(12-18-41)34(44)42-19-13-26(14-20-42)32-29-8-1-2-10-31(29)43(24-28-7-3-5-15-37-28)33(32)30-9-4-6-16-38-30/h1-10,15-16,21-22,26-27H,11-14,17-20,23-24H2,(H2,36,39,40). The highest BCUT2D eigenvalue weighted by atomic mass is 16.2. The average Bonchev–Trinajstić information content (AvgIpc) is 3.40. The van der Waals surface area contributed by atoms with Gasteiger partial charge >= 0.3 is 0 Å². The molecule has 4 aromatic heterocycles. The second kappa shape index (κ2) is 12.5. The highest BCUT2D eigenvalue weighted by molar-refractivity contribution is 5.92. The summed E-state index contributed by atoms with van der Waals surface area (Å²) >= 11 is 0. The van der Waals surface area contributed by atoms with E-state index in [-0.39, 0.29) is 5.92 Å². The Labute approximate surface area is 257 Å². The van der Waals surface area contributed by atoms with Crippen LogP contribution in [0.4, 0.5) is 5.95 Å². The number of benzene rings is 1. The van der Waals surface area contributed by atoms with Gasteiger partial charge in [0.15, 0.2) is 0 Å². The van der Waals surface area contributed by atoms with Gasteiger partial charge in [0.1, 0.15) is 0 Å². The molecule has 0 atom stereocenters. The van der Waals surface area contributed by atoms with Gasteiger partial charge in [-0.1, -0.05) is 30.3 Å². The molecular weight excluding hydrogens is 548 g/mol. The molecule has 2 N–H and O–H groups in total. The summed E-state index contributed by atoms with van der Waals surface area (Å²) in [5.41, 5.74) is 12.4. The molecule has 2 fully saturated rings. The molecule has 9 heteroatoms. The monoisotopic (exact) mass is 586 g/mol. The highest BCUT2D eigenvalue weighted by Gasteiger charge is 2.33. The fourth-order valence-corrected chi connectivity index (χ4v) is 7.03. The Morgan fingerprint density at radius 1 is 0.773 bits per heavy atom. The summed E-state index contributed by atoms with van der Waals surface area (Å²) in [6.45, 7) is 4.84. The molecule has 1 amide bonds. The Balaban J connectivity index is 1.08. The summed E-state index contributed by atoms with van der Waals surface area (Å²) < 4.78 is 2.39. The van der Waals surface area contributed by atoms with Crippen LogP contribution in [0, 0.1) is 5.92 Å². The molecule has 2 saturated heterocycles. The van der Waals surface area contributed by atoms with Gasteiger partial charge in [-0.2, -0.15) is 0 Å². The van der Waals surface area contributed by atoms with Crippen molar-refractivity contribution in [3.05, 3.63) is 102 Å². The molecule has 0 saturated carbocycles. The van der Waals surface area contributed by atoms with Gasteiger partial charge in [-0.05, 0) is 80.6 Å². The van der Waals surface area contributed by atoms with Crippen molar-refractivity contribution in [1.29, 1.82) is 0 Å². The maximum absolute atomic E-state index is 13.7. The van der Waals surface area contributed by atoms with Crippen LogP contribution in [0.1, 0.15) is 48.4 Å². The van der Waals surface area contributed by atoms with Crippen molar-refractivity contribution < 1.29 is 4.79 Å². The molecule has 5 aromatic rings. The molecule has 2 aliphatic heterocycles. The molecule has 0 unspecified atom stereocenters. The molecule has 1 aromatic carbocycles. The van der Waals surface area contributed by atoms with Gasteiger partial charge in [-0.25, -0.2) is 9.97 Å². The molecule has 224 valence electrons. The van der Waals surface area contributed by atoms with Crippen molar-refractivity contribution in [2.75, 3.05) is 31.9 Å². The number of hydrogen-bond acceptors (Lipinski definition) is 7. The van der Waals surface area contributed by atoms with E-state index in [1.54, 1.807) is 12.4 Å². The van der Waals surface area contributed by atoms with Gasteiger partial charge in [0.05, 0.1) is 23.6 Å². The van der Waals surface area contributed by atoms with E-state index in [0.29, 0.717) is 24.3 Å². The van der Waals surface area contributed by atoms with E-state index < -0.39 is 0 Å². The first kappa shape index (κ1) is 28.2. The number of nitrogen functional groups attached to an aromatic ring is 1. The van der Waals surface area contributed by atoms with E-state index in [4.69, 9.17) is 10.7 Å². The summed E-state index contributed by atoms with van der Waals surface area (Å²) in [7, 11) is 0. The van der Waals surface area contributed by atoms with Crippen LogP contribution in [0.5, 0.6) is 0 Å². The number of pyridine rings is 2.